The highest BCUT2D eigenvalue weighted by atomic mass is 35.5. The van der Waals surface area contributed by atoms with Crippen LogP contribution in [0.1, 0.15) is 59.8 Å². The molecule has 2 atom stereocenters. The summed E-state index contributed by atoms with van der Waals surface area (Å²) in [6.07, 6.45) is 2.85. The van der Waals surface area contributed by atoms with Gasteiger partial charge in [0.05, 0.1) is 5.69 Å². The molecule has 1 aliphatic heterocycles. The fourth-order valence-electron chi connectivity index (χ4n) is 7.37. The highest BCUT2D eigenvalue weighted by Gasteiger charge is 2.35. The maximum atomic E-state index is 13.9. The highest BCUT2D eigenvalue weighted by molar-refractivity contribution is 8.76. The predicted molar refractivity (Wildman–Crippen MR) is 231 cm³/mol. The number of aromatic hydroxyl groups is 1. The van der Waals surface area contributed by atoms with Crippen LogP contribution in [-0.4, -0.2) is 70.0 Å². The Kier molecular flexibility index (Phi) is 12.3. The number of hydrogen-bond donors (Lipinski definition) is 5. The number of alkyl halides is 1. The minimum Gasteiger partial charge on any atom is -0.507 e. The number of anilines is 3. The number of ketones is 1. The molecule has 0 spiro atoms. The van der Waals surface area contributed by atoms with Crippen molar-refractivity contribution >= 4 is 107 Å². The number of aromatic amines is 1. The second-order valence-electron chi connectivity index (χ2n) is 14.4. The summed E-state index contributed by atoms with van der Waals surface area (Å²) < 4.78 is 0. The Hall–Kier alpha value is -5.24. The van der Waals surface area contributed by atoms with E-state index in [4.69, 9.17) is 11.6 Å². The van der Waals surface area contributed by atoms with E-state index in [1.54, 1.807) is 51.6 Å². The summed E-state index contributed by atoms with van der Waals surface area (Å²) in [5.74, 6) is 0.583. The van der Waals surface area contributed by atoms with E-state index in [1.165, 1.54) is 6.92 Å². The molecule has 11 nitrogen and oxygen atoms in total. The number of Topliss-reactive ketones (excluding diaryl/α,β-unsaturated/α-hetero) is 1. The summed E-state index contributed by atoms with van der Waals surface area (Å²) in [4.78, 5) is 68.0. The van der Waals surface area contributed by atoms with Crippen molar-refractivity contribution in [3.63, 3.8) is 0 Å². The Balaban J connectivity index is 0.915. The summed E-state index contributed by atoms with van der Waals surface area (Å²) in [5.41, 5.74) is 6.40. The molecule has 1 aromatic heterocycles. The first-order valence-corrected chi connectivity index (χ1v) is 21.7. The van der Waals surface area contributed by atoms with Crippen molar-refractivity contribution in [3.05, 3.63) is 101 Å². The van der Waals surface area contributed by atoms with E-state index in [1.807, 2.05) is 60.7 Å². The van der Waals surface area contributed by atoms with Crippen LogP contribution in [0.15, 0.2) is 78.4 Å². The quantitative estimate of drug-likeness (QED) is 0.0403. The largest absolute Gasteiger partial charge is 0.507 e. The number of phenolic OH excluding ortho intramolecular Hbond substituents is 1. The lowest BCUT2D eigenvalue weighted by Gasteiger charge is -2.17. The molecule has 294 valence electrons. The third kappa shape index (κ3) is 9.01. The van der Waals surface area contributed by atoms with Gasteiger partial charge in [0.25, 0.3) is 11.8 Å². The van der Waals surface area contributed by atoms with Gasteiger partial charge in [0, 0.05) is 101 Å². The number of fused-ring (bicyclic) bond motifs is 5. The molecule has 7 rings (SSSR count). The zero-order valence-corrected chi connectivity index (χ0v) is 33.8. The first-order valence-electron chi connectivity index (χ1n) is 18.7. The third-order valence-electron chi connectivity index (χ3n) is 10.1. The van der Waals surface area contributed by atoms with E-state index in [0.717, 1.165) is 38.4 Å². The Morgan fingerprint density at radius 2 is 1.70 bits per heavy atom. The number of benzene rings is 4. The number of halogens is 1. The molecule has 14 heteroatoms. The normalized spacial score (nSPS) is 14.9. The van der Waals surface area contributed by atoms with Gasteiger partial charge in [0.2, 0.25) is 11.8 Å². The van der Waals surface area contributed by atoms with Gasteiger partial charge in [-0.15, -0.1) is 11.6 Å². The molecule has 2 aliphatic rings. The van der Waals surface area contributed by atoms with Crippen LogP contribution in [0.4, 0.5) is 17.1 Å². The van der Waals surface area contributed by atoms with Crippen LogP contribution >= 0.6 is 33.2 Å². The van der Waals surface area contributed by atoms with E-state index in [9.17, 15) is 29.1 Å². The molecular weight excluding hydrogens is 782 g/mol. The molecule has 5 N–H and O–H groups in total. The molecule has 2 heterocycles. The van der Waals surface area contributed by atoms with Gasteiger partial charge in [-0.25, -0.2) is 0 Å². The zero-order valence-electron chi connectivity index (χ0n) is 31.4. The SMILES string of the molecule is CC(=O)C[C@@H](C)C(=O)NCCSSCCC(=O)Nc1ccc2c(c1)C=C(C(=O)Nc1ccc3[nH]c(C(=O)N4CC(CCl)c5c4cc(O)c4ccccc54)cc3c1)C2. The van der Waals surface area contributed by atoms with Crippen molar-refractivity contribution in [3.8, 4) is 5.75 Å². The second kappa shape index (κ2) is 17.5. The molecule has 57 heavy (non-hydrogen) atoms. The second-order valence-corrected chi connectivity index (χ2v) is 17.4. The highest BCUT2D eigenvalue weighted by Crippen LogP contribution is 2.45. The fraction of sp³-hybridized carbons (Fsp3) is 0.279. The fourth-order valence-corrected chi connectivity index (χ4v) is 9.52. The predicted octanol–water partition coefficient (Wildman–Crippen LogP) is 8.03. The summed E-state index contributed by atoms with van der Waals surface area (Å²) in [6, 6.07) is 22.0. The molecular formula is C43H42ClN5O6S2. The van der Waals surface area contributed by atoms with Gasteiger partial charge in [-0.05, 0) is 71.5 Å². The van der Waals surface area contributed by atoms with Crippen LogP contribution in [0.2, 0.25) is 0 Å². The summed E-state index contributed by atoms with van der Waals surface area (Å²) in [7, 11) is 3.14. The number of carbonyl (C=O) groups is 5. The Morgan fingerprint density at radius 3 is 2.49 bits per heavy atom. The first-order chi connectivity index (χ1) is 27.5. The molecule has 0 fully saturated rings. The van der Waals surface area contributed by atoms with Crippen LogP contribution in [-0.2, 0) is 25.6 Å². The number of hydrogen-bond acceptors (Lipinski definition) is 8. The number of H-pyrrole nitrogens is 1. The number of carbonyl (C=O) groups excluding carboxylic acids is 5. The molecule has 4 aromatic carbocycles. The molecule has 1 aliphatic carbocycles. The molecule has 1 unspecified atom stereocenters. The summed E-state index contributed by atoms with van der Waals surface area (Å²) >= 11 is 6.39. The van der Waals surface area contributed by atoms with Crippen LogP contribution in [0, 0.1) is 5.92 Å². The zero-order chi connectivity index (χ0) is 40.2. The van der Waals surface area contributed by atoms with Crippen molar-refractivity contribution in [1.29, 1.82) is 0 Å². The van der Waals surface area contributed by atoms with Crippen LogP contribution in [0.3, 0.4) is 0 Å². The molecule has 0 radical (unpaired) electrons. The Morgan fingerprint density at radius 1 is 0.947 bits per heavy atom. The molecule has 4 amide bonds. The minimum absolute atomic E-state index is 0.00884. The monoisotopic (exact) mass is 823 g/mol. The van der Waals surface area contributed by atoms with Crippen molar-refractivity contribution in [1.82, 2.24) is 10.3 Å². The van der Waals surface area contributed by atoms with E-state index in [-0.39, 0.29) is 53.4 Å². The van der Waals surface area contributed by atoms with Crippen LogP contribution in [0.25, 0.3) is 27.8 Å². The molecule has 0 saturated carbocycles. The van der Waals surface area contributed by atoms with E-state index >= 15 is 0 Å². The number of phenols is 1. The van der Waals surface area contributed by atoms with E-state index in [0.29, 0.717) is 71.6 Å². The van der Waals surface area contributed by atoms with Crippen molar-refractivity contribution in [2.45, 2.75) is 39.0 Å². The van der Waals surface area contributed by atoms with Gasteiger partial charge in [0.1, 0.15) is 17.2 Å². The molecule has 0 saturated heterocycles. The Bertz CT molecular complexity index is 2450. The van der Waals surface area contributed by atoms with Crippen molar-refractivity contribution in [2.24, 2.45) is 5.92 Å². The maximum Gasteiger partial charge on any atom is 0.274 e. The standard InChI is InChI=1S/C43H42ClN5O6S2/c1-24(15-25(2)50)41(53)45-12-14-57-56-13-11-39(52)46-31-8-7-26-16-29(17-27(26)18-31)42(54)47-32-9-10-35-28(19-32)20-36(48-35)43(55)49-23-30(22-44)40-34-6-4-3-5-33(34)38(51)21-37(40)49/h3-10,17-21,24,30,48,51H,11-16,22-23H2,1-2H3,(H,45,53)(H,46,52)(H,47,54)/t24-,30?/m1/s1. The smallest absolute Gasteiger partial charge is 0.274 e. The van der Waals surface area contributed by atoms with Gasteiger partial charge >= 0.3 is 0 Å². The van der Waals surface area contributed by atoms with Crippen LogP contribution in [0.5, 0.6) is 5.75 Å². The molecule has 5 aromatic rings. The third-order valence-corrected chi connectivity index (χ3v) is 12.9. The average Bonchev–Trinajstić information content (AvgIpc) is 3.92. The lowest BCUT2D eigenvalue weighted by molar-refractivity contribution is -0.128. The van der Waals surface area contributed by atoms with Gasteiger partial charge in [-0.1, -0.05) is 58.8 Å². The number of nitrogens with one attached hydrogen (secondary N) is 4. The number of nitrogens with zero attached hydrogens (tertiary/aromatic N) is 1. The van der Waals surface area contributed by atoms with E-state index in [2.05, 4.69) is 20.9 Å². The number of rotatable bonds is 15. The summed E-state index contributed by atoms with van der Waals surface area (Å²) in [5, 5.41) is 21.9. The first kappa shape index (κ1) is 40.0. The maximum absolute atomic E-state index is 13.9. The van der Waals surface area contributed by atoms with Crippen molar-refractivity contribution < 1.29 is 29.1 Å². The van der Waals surface area contributed by atoms with Gasteiger partial charge < -0.3 is 35.7 Å². The Labute approximate surface area is 342 Å². The van der Waals surface area contributed by atoms with E-state index < -0.39 is 0 Å². The number of aromatic nitrogens is 1. The van der Waals surface area contributed by atoms with Gasteiger partial charge in [-0.2, -0.15) is 0 Å². The lowest BCUT2D eigenvalue weighted by atomic mass is 9.95. The lowest BCUT2D eigenvalue weighted by Crippen LogP contribution is -2.31. The number of amides is 4. The van der Waals surface area contributed by atoms with Crippen LogP contribution < -0.4 is 20.9 Å². The molecule has 0 bridgehead atoms. The average molecular weight is 824 g/mol. The van der Waals surface area contributed by atoms with Gasteiger partial charge in [0.15, 0.2) is 0 Å². The van der Waals surface area contributed by atoms with Gasteiger partial charge in [-0.3, -0.25) is 19.2 Å². The topological polar surface area (TPSA) is 161 Å². The summed E-state index contributed by atoms with van der Waals surface area (Å²) in [6.45, 7) is 4.10. The van der Waals surface area contributed by atoms with Crippen molar-refractivity contribution in [2.75, 3.05) is 46.0 Å². The minimum atomic E-state index is -0.338.